The van der Waals surface area contributed by atoms with Crippen LogP contribution in [0.2, 0.25) is 0 Å². The van der Waals surface area contributed by atoms with E-state index >= 15 is 0 Å². The standard InChI is InChI=1S/C21H38N6O5/c1-3-31-20(29)13-27(2)19(28)8-9-32-21(30)17-11-16-10-14(4-6-15(16)12-24-17)5-7-18(22)25-26-23/h14-17,24,26H,3-13,23H2,1-2H3,(H2,22,25). The van der Waals surface area contributed by atoms with E-state index in [0.29, 0.717) is 30.0 Å². The summed E-state index contributed by atoms with van der Waals surface area (Å²) in [6.07, 6.45) is 5.80. The van der Waals surface area contributed by atoms with Gasteiger partial charge in [-0.25, -0.2) is 11.4 Å². The Morgan fingerprint density at radius 1 is 1.16 bits per heavy atom. The molecule has 1 saturated carbocycles. The van der Waals surface area contributed by atoms with E-state index in [4.69, 9.17) is 21.1 Å². The Morgan fingerprint density at radius 3 is 2.66 bits per heavy atom. The van der Waals surface area contributed by atoms with E-state index in [2.05, 4.69) is 16.0 Å². The lowest BCUT2D eigenvalue weighted by Crippen LogP contribution is -2.50. The number of ether oxygens (including phenoxy) is 2. The number of nitrogens with one attached hydrogen (secondary N) is 2. The number of amidine groups is 1. The van der Waals surface area contributed by atoms with E-state index in [1.807, 2.05) is 0 Å². The fourth-order valence-electron chi connectivity index (χ4n) is 4.61. The van der Waals surface area contributed by atoms with Gasteiger partial charge in [0.05, 0.1) is 13.0 Å². The molecule has 2 fully saturated rings. The maximum atomic E-state index is 12.5. The number of fused-ring (bicyclic) bond motifs is 1. The van der Waals surface area contributed by atoms with Gasteiger partial charge in [0.1, 0.15) is 25.0 Å². The smallest absolute Gasteiger partial charge is 0.325 e. The van der Waals surface area contributed by atoms with Crippen molar-refractivity contribution < 1.29 is 23.9 Å². The number of hydrogen-bond donors (Lipinski definition) is 4. The highest BCUT2D eigenvalue weighted by Gasteiger charge is 2.38. The van der Waals surface area contributed by atoms with Crippen molar-refractivity contribution >= 4 is 23.7 Å². The molecule has 0 aromatic carbocycles. The van der Waals surface area contributed by atoms with Crippen molar-refractivity contribution in [1.82, 2.24) is 15.8 Å². The zero-order valence-corrected chi connectivity index (χ0v) is 19.2. The maximum absolute atomic E-state index is 12.5. The number of rotatable bonds is 11. The van der Waals surface area contributed by atoms with Crippen LogP contribution in [0.4, 0.5) is 0 Å². The van der Waals surface area contributed by atoms with Gasteiger partial charge in [0, 0.05) is 13.5 Å². The minimum atomic E-state index is -0.460. The summed E-state index contributed by atoms with van der Waals surface area (Å²) >= 11 is 0. The number of likely N-dealkylation sites (N-methyl/N-ethyl adjacent to an activating group) is 1. The molecule has 11 heteroatoms. The number of hydrazone groups is 1. The van der Waals surface area contributed by atoms with Crippen molar-refractivity contribution in [3.05, 3.63) is 0 Å². The number of piperidine rings is 1. The van der Waals surface area contributed by atoms with E-state index in [0.717, 1.165) is 38.6 Å². The first kappa shape index (κ1) is 25.9. The van der Waals surface area contributed by atoms with Crippen LogP contribution in [0.3, 0.4) is 0 Å². The van der Waals surface area contributed by atoms with Gasteiger partial charge in [0.15, 0.2) is 0 Å². The van der Waals surface area contributed by atoms with Crippen molar-refractivity contribution in [1.29, 1.82) is 0 Å². The molecule has 1 heterocycles. The number of nitrogens with two attached hydrogens (primary N) is 2. The molecule has 4 atom stereocenters. The molecule has 32 heavy (non-hydrogen) atoms. The normalized spacial score (nSPS) is 25.4. The van der Waals surface area contributed by atoms with E-state index in [-0.39, 0.29) is 44.1 Å². The van der Waals surface area contributed by atoms with Crippen LogP contribution in [0.5, 0.6) is 0 Å². The molecule has 0 aromatic heterocycles. The predicted octanol–water partition coefficient (Wildman–Crippen LogP) is -0.149. The third kappa shape index (κ3) is 8.27. The zero-order chi connectivity index (χ0) is 23.5. The van der Waals surface area contributed by atoms with Crippen LogP contribution in [0, 0.1) is 17.8 Å². The first-order valence-electron chi connectivity index (χ1n) is 11.4. The second-order valence-electron chi connectivity index (χ2n) is 8.64. The number of carbonyl (C=O) groups is 3. The highest BCUT2D eigenvalue weighted by atomic mass is 16.5. The summed E-state index contributed by atoms with van der Waals surface area (Å²) in [5, 5.41) is 7.11. The lowest BCUT2D eigenvalue weighted by Gasteiger charge is -2.42. The molecule has 2 rings (SSSR count). The van der Waals surface area contributed by atoms with E-state index in [9.17, 15) is 14.4 Å². The SMILES string of the molecule is CCOC(=O)CN(C)C(=O)CCOC(=O)C1CC2CC(CC/C(N)=N/NN)CCC2CN1. The minimum Gasteiger partial charge on any atom is -0.465 e. The third-order valence-electron chi connectivity index (χ3n) is 6.37. The van der Waals surface area contributed by atoms with Gasteiger partial charge in [-0.1, -0.05) is 6.42 Å². The number of hydrazine groups is 1. The van der Waals surface area contributed by atoms with Gasteiger partial charge in [-0.05, 0) is 56.9 Å². The molecule has 1 saturated heterocycles. The van der Waals surface area contributed by atoms with Crippen molar-refractivity contribution in [2.45, 2.75) is 57.9 Å². The molecule has 0 bridgehead atoms. The van der Waals surface area contributed by atoms with Gasteiger partial charge in [-0.15, -0.1) is 0 Å². The van der Waals surface area contributed by atoms with Crippen LogP contribution >= 0.6 is 0 Å². The highest BCUT2D eigenvalue weighted by molar-refractivity contribution is 5.82. The van der Waals surface area contributed by atoms with Crippen LogP contribution in [-0.4, -0.2) is 68.0 Å². The average Bonchev–Trinajstić information content (AvgIpc) is 2.77. The lowest BCUT2D eigenvalue weighted by molar-refractivity contribution is -0.151. The third-order valence-corrected chi connectivity index (χ3v) is 6.37. The summed E-state index contributed by atoms with van der Waals surface area (Å²) in [5.41, 5.74) is 8.03. The number of esters is 2. The van der Waals surface area contributed by atoms with E-state index in [1.54, 1.807) is 6.92 Å². The van der Waals surface area contributed by atoms with Gasteiger partial charge in [-0.2, -0.15) is 5.10 Å². The molecule has 6 N–H and O–H groups in total. The first-order chi connectivity index (χ1) is 15.3. The predicted molar refractivity (Wildman–Crippen MR) is 119 cm³/mol. The topological polar surface area (TPSA) is 161 Å². The van der Waals surface area contributed by atoms with Crippen LogP contribution in [0.25, 0.3) is 0 Å². The number of amides is 1. The Labute approximate surface area is 189 Å². The Morgan fingerprint density at radius 2 is 1.94 bits per heavy atom. The van der Waals surface area contributed by atoms with Crippen LogP contribution in [-0.2, 0) is 23.9 Å². The lowest BCUT2D eigenvalue weighted by atomic mass is 9.69. The highest BCUT2D eigenvalue weighted by Crippen LogP contribution is 2.40. The molecule has 0 radical (unpaired) electrons. The molecule has 182 valence electrons. The Bertz CT molecular complexity index is 673. The molecule has 1 amide bonds. The number of carbonyl (C=O) groups excluding carboxylic acids is 3. The van der Waals surface area contributed by atoms with Crippen LogP contribution in [0.1, 0.15) is 51.9 Å². The largest absolute Gasteiger partial charge is 0.465 e. The molecule has 2 aliphatic rings. The fourth-order valence-corrected chi connectivity index (χ4v) is 4.61. The van der Waals surface area contributed by atoms with Gasteiger partial charge in [-0.3, -0.25) is 14.4 Å². The second kappa shape index (κ2) is 13.2. The fraction of sp³-hybridized carbons (Fsp3) is 0.810. The van der Waals surface area contributed by atoms with Gasteiger partial charge < -0.3 is 25.4 Å². The van der Waals surface area contributed by atoms with Crippen molar-refractivity contribution in [3.8, 4) is 0 Å². The Hall–Kier alpha value is -2.40. The van der Waals surface area contributed by atoms with Crippen molar-refractivity contribution in [3.63, 3.8) is 0 Å². The second-order valence-corrected chi connectivity index (χ2v) is 8.64. The average molecular weight is 455 g/mol. The van der Waals surface area contributed by atoms with Gasteiger partial charge in [0.2, 0.25) is 5.91 Å². The molecular weight excluding hydrogens is 416 g/mol. The van der Waals surface area contributed by atoms with Gasteiger partial charge in [0.25, 0.3) is 0 Å². The molecule has 4 unspecified atom stereocenters. The summed E-state index contributed by atoms with van der Waals surface area (Å²) in [5.74, 6) is 6.21. The molecular formula is C21H38N6O5. The first-order valence-corrected chi connectivity index (χ1v) is 11.4. The van der Waals surface area contributed by atoms with E-state index < -0.39 is 5.97 Å². The summed E-state index contributed by atoms with van der Waals surface area (Å²) in [4.78, 5) is 37.4. The molecule has 0 aromatic rings. The summed E-state index contributed by atoms with van der Waals surface area (Å²) in [6.45, 7) is 2.66. The number of nitrogens with zero attached hydrogens (tertiary/aromatic N) is 2. The number of hydrogen-bond acceptors (Lipinski definition) is 9. The molecule has 11 nitrogen and oxygen atoms in total. The molecule has 1 aliphatic carbocycles. The molecule has 0 spiro atoms. The van der Waals surface area contributed by atoms with E-state index in [1.165, 1.54) is 11.9 Å². The monoisotopic (exact) mass is 454 g/mol. The van der Waals surface area contributed by atoms with Gasteiger partial charge >= 0.3 is 11.9 Å². The maximum Gasteiger partial charge on any atom is 0.325 e. The van der Waals surface area contributed by atoms with Crippen molar-refractivity contribution in [2.75, 3.05) is 33.4 Å². The van der Waals surface area contributed by atoms with Crippen LogP contribution < -0.4 is 22.4 Å². The van der Waals surface area contributed by atoms with Crippen LogP contribution in [0.15, 0.2) is 5.10 Å². The Kier molecular flexibility index (Phi) is 10.7. The summed E-state index contributed by atoms with van der Waals surface area (Å²) in [7, 11) is 1.52. The summed E-state index contributed by atoms with van der Waals surface area (Å²) in [6, 6.07) is -0.351. The Balaban J connectivity index is 1.72. The van der Waals surface area contributed by atoms with Crippen molar-refractivity contribution in [2.24, 2.45) is 34.4 Å². The molecule has 1 aliphatic heterocycles. The quantitative estimate of drug-likeness (QED) is 0.109. The zero-order valence-electron chi connectivity index (χ0n) is 19.2. The minimum absolute atomic E-state index is 0.00643. The summed E-state index contributed by atoms with van der Waals surface area (Å²) < 4.78 is 10.2.